The second-order valence-corrected chi connectivity index (χ2v) is 7.52. The Kier molecular flexibility index (Phi) is 8.31. The molecule has 1 saturated heterocycles. The highest BCUT2D eigenvalue weighted by molar-refractivity contribution is 5.74. The lowest BCUT2D eigenvalue weighted by Crippen LogP contribution is -2.37. The molecule has 1 aliphatic rings. The van der Waals surface area contributed by atoms with Gasteiger partial charge in [0, 0.05) is 57.2 Å². The van der Waals surface area contributed by atoms with Gasteiger partial charge >= 0.3 is 0 Å². The van der Waals surface area contributed by atoms with Crippen LogP contribution in [0.2, 0.25) is 0 Å². The van der Waals surface area contributed by atoms with E-state index in [2.05, 4.69) is 42.1 Å². The molecule has 4 heterocycles. The van der Waals surface area contributed by atoms with E-state index < -0.39 is 5.97 Å². The molecule has 0 radical (unpaired) electrons. The Morgan fingerprint density at radius 2 is 2.15 bits per heavy atom. The molecule has 178 valence electrons. The van der Waals surface area contributed by atoms with Crippen molar-refractivity contribution in [1.82, 2.24) is 30.0 Å². The molecule has 4 N–H and O–H groups in total. The molecule has 0 bridgehead atoms. The number of aliphatic carboxylic acids is 1. The van der Waals surface area contributed by atoms with Crippen LogP contribution in [0.5, 0.6) is 5.75 Å². The maximum absolute atomic E-state index is 9.37. The van der Waals surface area contributed by atoms with Gasteiger partial charge in [0.25, 0.3) is 5.97 Å². The topological polar surface area (TPSA) is 163 Å². The number of aryl methyl sites for hydroxylation is 1. The SMILES string of the molecule is CC(=O)O.CNc1nc(Nc2cnc(C#N)c(O[C@@H]3CCCNC3)c2)ncc1-c1cnn(C)c1. The molecule has 12 nitrogen and oxygen atoms in total. The summed E-state index contributed by atoms with van der Waals surface area (Å²) in [4.78, 5) is 22.2. The highest BCUT2D eigenvalue weighted by Gasteiger charge is 2.18. The molecular weight excluding hydrogens is 438 g/mol. The molecule has 3 aromatic rings. The normalized spacial score (nSPS) is 14.8. The van der Waals surface area contributed by atoms with Gasteiger partial charge in [-0.1, -0.05) is 0 Å². The summed E-state index contributed by atoms with van der Waals surface area (Å²) in [5.74, 6) is 0.702. The molecule has 34 heavy (non-hydrogen) atoms. The third-order valence-electron chi connectivity index (χ3n) is 4.80. The van der Waals surface area contributed by atoms with Crippen molar-refractivity contribution in [2.24, 2.45) is 7.05 Å². The van der Waals surface area contributed by atoms with Crippen LogP contribution in [-0.2, 0) is 11.8 Å². The zero-order valence-electron chi connectivity index (χ0n) is 19.2. The van der Waals surface area contributed by atoms with Gasteiger partial charge in [0.2, 0.25) is 5.95 Å². The molecule has 0 aliphatic carbocycles. The minimum absolute atomic E-state index is 0.0220. The number of pyridine rings is 1. The number of nitrogens with one attached hydrogen (secondary N) is 3. The van der Waals surface area contributed by atoms with Gasteiger partial charge in [-0.2, -0.15) is 15.3 Å². The van der Waals surface area contributed by atoms with E-state index in [1.54, 1.807) is 36.4 Å². The van der Waals surface area contributed by atoms with E-state index in [9.17, 15) is 5.26 Å². The lowest BCUT2D eigenvalue weighted by Gasteiger charge is -2.24. The third-order valence-corrected chi connectivity index (χ3v) is 4.80. The number of hydrogen-bond acceptors (Lipinski definition) is 10. The first-order chi connectivity index (χ1) is 16.4. The maximum Gasteiger partial charge on any atom is 0.300 e. The lowest BCUT2D eigenvalue weighted by molar-refractivity contribution is -0.134. The van der Waals surface area contributed by atoms with Crippen molar-refractivity contribution < 1.29 is 14.6 Å². The molecule has 3 aromatic heterocycles. The van der Waals surface area contributed by atoms with Gasteiger partial charge in [-0.15, -0.1) is 0 Å². The number of rotatable bonds is 6. The van der Waals surface area contributed by atoms with Gasteiger partial charge in [0.15, 0.2) is 11.4 Å². The second kappa shape index (κ2) is 11.6. The van der Waals surface area contributed by atoms with Crippen LogP contribution in [0, 0.1) is 11.3 Å². The number of ether oxygens (including phenoxy) is 1. The van der Waals surface area contributed by atoms with Crippen molar-refractivity contribution in [1.29, 1.82) is 5.26 Å². The van der Waals surface area contributed by atoms with Crippen LogP contribution >= 0.6 is 0 Å². The molecule has 1 atom stereocenters. The monoisotopic (exact) mass is 465 g/mol. The van der Waals surface area contributed by atoms with Crippen LogP contribution in [0.1, 0.15) is 25.5 Å². The van der Waals surface area contributed by atoms with Gasteiger partial charge in [-0.05, 0) is 19.4 Å². The predicted octanol–water partition coefficient (Wildman–Crippen LogP) is 2.15. The van der Waals surface area contributed by atoms with Gasteiger partial charge in [0.1, 0.15) is 18.0 Å². The van der Waals surface area contributed by atoms with Crippen LogP contribution in [-0.4, -0.2) is 62.0 Å². The van der Waals surface area contributed by atoms with Crippen molar-refractivity contribution in [3.8, 4) is 22.9 Å². The van der Waals surface area contributed by atoms with E-state index >= 15 is 0 Å². The number of aromatic nitrogens is 5. The van der Waals surface area contributed by atoms with E-state index in [-0.39, 0.29) is 11.8 Å². The predicted molar refractivity (Wildman–Crippen MR) is 126 cm³/mol. The molecule has 0 aromatic carbocycles. The second-order valence-electron chi connectivity index (χ2n) is 7.52. The Morgan fingerprint density at radius 1 is 1.35 bits per heavy atom. The molecule has 1 aliphatic heterocycles. The van der Waals surface area contributed by atoms with Crippen molar-refractivity contribution in [2.75, 3.05) is 30.8 Å². The van der Waals surface area contributed by atoms with Crippen molar-refractivity contribution in [3.63, 3.8) is 0 Å². The fourth-order valence-electron chi connectivity index (χ4n) is 3.32. The highest BCUT2D eigenvalue weighted by atomic mass is 16.5. The van der Waals surface area contributed by atoms with E-state index in [0.717, 1.165) is 44.0 Å². The van der Waals surface area contributed by atoms with Crippen LogP contribution in [0.25, 0.3) is 11.1 Å². The number of carboxylic acid groups (broad SMARTS) is 1. The Hall–Kier alpha value is -4.24. The first-order valence-corrected chi connectivity index (χ1v) is 10.7. The van der Waals surface area contributed by atoms with Gasteiger partial charge in [0.05, 0.1) is 18.1 Å². The van der Waals surface area contributed by atoms with Crippen LogP contribution in [0.4, 0.5) is 17.5 Å². The summed E-state index contributed by atoms with van der Waals surface area (Å²) in [5.41, 5.74) is 2.67. The molecule has 0 saturated carbocycles. The fraction of sp³-hybridized carbons (Fsp3) is 0.364. The fourth-order valence-corrected chi connectivity index (χ4v) is 3.32. The van der Waals surface area contributed by atoms with Crippen LogP contribution < -0.4 is 20.7 Å². The minimum Gasteiger partial charge on any atom is -0.486 e. The van der Waals surface area contributed by atoms with Crippen LogP contribution in [0.3, 0.4) is 0 Å². The molecule has 0 spiro atoms. The molecule has 1 fully saturated rings. The quantitative estimate of drug-likeness (QED) is 0.422. The Balaban J connectivity index is 0.000000751. The number of piperidine rings is 1. The number of anilines is 3. The molecular formula is C22H27N9O3. The van der Waals surface area contributed by atoms with Crippen molar-refractivity contribution in [3.05, 3.63) is 36.5 Å². The maximum atomic E-state index is 9.37. The number of hydrogen-bond donors (Lipinski definition) is 4. The summed E-state index contributed by atoms with van der Waals surface area (Å²) >= 11 is 0. The zero-order valence-corrected chi connectivity index (χ0v) is 19.2. The highest BCUT2D eigenvalue weighted by Crippen LogP contribution is 2.28. The van der Waals surface area contributed by atoms with E-state index in [1.165, 1.54) is 0 Å². The Bertz CT molecular complexity index is 1160. The first-order valence-electron chi connectivity index (χ1n) is 10.7. The molecule has 4 rings (SSSR count). The Morgan fingerprint density at radius 3 is 2.76 bits per heavy atom. The average molecular weight is 466 g/mol. The van der Waals surface area contributed by atoms with Gasteiger partial charge < -0.3 is 25.8 Å². The zero-order chi connectivity index (χ0) is 24.5. The molecule has 0 amide bonds. The number of carboxylic acids is 1. The molecule has 0 unspecified atom stereocenters. The summed E-state index contributed by atoms with van der Waals surface area (Å²) in [7, 11) is 3.67. The number of nitrogens with zero attached hydrogens (tertiary/aromatic N) is 6. The average Bonchev–Trinajstić information content (AvgIpc) is 3.25. The smallest absolute Gasteiger partial charge is 0.300 e. The first kappa shape index (κ1) is 24.4. The van der Waals surface area contributed by atoms with E-state index in [1.807, 2.05) is 13.2 Å². The van der Waals surface area contributed by atoms with Gasteiger partial charge in [-0.3, -0.25) is 9.48 Å². The third kappa shape index (κ3) is 6.63. The Labute approximate surface area is 197 Å². The lowest BCUT2D eigenvalue weighted by atomic mass is 10.1. The van der Waals surface area contributed by atoms with Crippen molar-refractivity contribution in [2.45, 2.75) is 25.9 Å². The van der Waals surface area contributed by atoms with E-state index in [4.69, 9.17) is 14.6 Å². The number of nitriles is 1. The standard InChI is InChI=1S/C20H23N9O.C2H4O2/c1-22-19-16(13-8-26-29(2)12-13)11-25-20(28-19)27-14-6-18(17(7-21)24-9-14)30-15-4-3-5-23-10-15;1-2(3)4/h6,8-9,11-12,15,23H,3-5,10H2,1-2H3,(H2,22,25,27,28);1H3,(H,3,4)/t15-;/m1./s1. The summed E-state index contributed by atoms with van der Waals surface area (Å²) in [6.07, 6.45) is 8.99. The van der Waals surface area contributed by atoms with E-state index in [0.29, 0.717) is 23.2 Å². The van der Waals surface area contributed by atoms with Crippen LogP contribution in [0.15, 0.2) is 30.9 Å². The summed E-state index contributed by atoms with van der Waals surface area (Å²) in [5, 5.41) is 30.5. The van der Waals surface area contributed by atoms with Crippen molar-refractivity contribution >= 4 is 23.4 Å². The van der Waals surface area contributed by atoms with Gasteiger partial charge in [-0.25, -0.2) is 9.97 Å². The largest absolute Gasteiger partial charge is 0.486 e. The summed E-state index contributed by atoms with van der Waals surface area (Å²) in [6.45, 7) is 2.83. The summed E-state index contributed by atoms with van der Waals surface area (Å²) in [6, 6.07) is 3.85. The minimum atomic E-state index is -0.833. The summed E-state index contributed by atoms with van der Waals surface area (Å²) < 4.78 is 7.76. The number of carbonyl (C=O) groups is 1. The molecule has 12 heteroatoms.